The molecule has 19 heavy (non-hydrogen) atoms. The van der Waals surface area contributed by atoms with Crippen molar-refractivity contribution >= 4 is 23.2 Å². The van der Waals surface area contributed by atoms with Crippen LogP contribution in [0.1, 0.15) is 28.4 Å². The van der Waals surface area contributed by atoms with E-state index in [9.17, 15) is 9.59 Å². The van der Waals surface area contributed by atoms with E-state index in [-0.39, 0.29) is 16.5 Å². The van der Waals surface area contributed by atoms with E-state index in [1.54, 1.807) is 19.1 Å². The van der Waals surface area contributed by atoms with Crippen LogP contribution < -0.4 is 10.1 Å². The third kappa shape index (κ3) is 4.10. The maximum absolute atomic E-state index is 11.6. The van der Waals surface area contributed by atoms with Gasteiger partial charge in [0.15, 0.2) is 11.0 Å². The van der Waals surface area contributed by atoms with Crippen molar-refractivity contribution in [1.82, 2.24) is 5.32 Å². The molecule has 2 N–H and O–H groups in total. The Kier molecular flexibility index (Phi) is 5.57. The second kappa shape index (κ2) is 6.94. The molecule has 0 radical (unpaired) electrons. The summed E-state index contributed by atoms with van der Waals surface area (Å²) in [6.07, 6.45) is 1.54. The fraction of sp³-hybridized carbons (Fsp3) is 0.385. The first-order valence-corrected chi connectivity index (χ1v) is 6.72. The molecule has 0 saturated carbocycles. The van der Waals surface area contributed by atoms with Crippen LogP contribution in [0.3, 0.4) is 0 Å². The summed E-state index contributed by atoms with van der Waals surface area (Å²) in [7, 11) is 0. The molecule has 0 aliphatic carbocycles. The molecular formula is C13H17NO4S. The van der Waals surface area contributed by atoms with Crippen molar-refractivity contribution in [2.45, 2.75) is 26.4 Å². The lowest BCUT2D eigenvalue weighted by atomic mass is 10.3. The predicted molar refractivity (Wildman–Crippen MR) is 74.0 cm³/mol. The number of ether oxygens (including phenoxy) is 1. The molecule has 5 nitrogen and oxygen atoms in total. The summed E-state index contributed by atoms with van der Waals surface area (Å²) in [5.74, 6) is -1.10. The van der Waals surface area contributed by atoms with E-state index in [2.05, 4.69) is 11.9 Å². The molecule has 6 heteroatoms. The highest BCUT2D eigenvalue weighted by Crippen LogP contribution is 2.30. The molecule has 1 aromatic heterocycles. The summed E-state index contributed by atoms with van der Waals surface area (Å²) in [4.78, 5) is 23.8. The van der Waals surface area contributed by atoms with Gasteiger partial charge >= 0.3 is 5.97 Å². The number of carboxylic acid groups (broad SMARTS) is 1. The van der Waals surface area contributed by atoms with Gasteiger partial charge in [0.25, 0.3) is 5.91 Å². The number of carbonyl (C=O) groups excluding carboxylic acids is 1. The van der Waals surface area contributed by atoms with Gasteiger partial charge in [0.05, 0.1) is 0 Å². The second-order valence-electron chi connectivity index (χ2n) is 3.86. The van der Waals surface area contributed by atoms with E-state index in [1.807, 2.05) is 6.92 Å². The van der Waals surface area contributed by atoms with E-state index in [1.165, 1.54) is 11.3 Å². The number of aryl methyl sites for hydroxylation is 1. The summed E-state index contributed by atoms with van der Waals surface area (Å²) in [5.41, 5.74) is 0. The van der Waals surface area contributed by atoms with E-state index in [0.717, 1.165) is 11.3 Å². The highest BCUT2D eigenvalue weighted by Gasteiger charge is 2.21. The van der Waals surface area contributed by atoms with Gasteiger partial charge < -0.3 is 15.2 Å². The van der Waals surface area contributed by atoms with Crippen molar-refractivity contribution in [2.24, 2.45) is 0 Å². The molecule has 1 atom stereocenters. The van der Waals surface area contributed by atoms with Crippen molar-refractivity contribution in [3.8, 4) is 5.75 Å². The maximum Gasteiger partial charge on any atom is 0.349 e. The highest BCUT2D eigenvalue weighted by molar-refractivity contribution is 7.14. The molecule has 1 unspecified atom stereocenters. The normalized spacial score (nSPS) is 11.7. The van der Waals surface area contributed by atoms with Crippen LogP contribution in [0.2, 0.25) is 0 Å². The molecule has 1 rings (SSSR count). The molecule has 0 aromatic carbocycles. The van der Waals surface area contributed by atoms with Crippen molar-refractivity contribution in [1.29, 1.82) is 0 Å². The molecule has 1 amide bonds. The van der Waals surface area contributed by atoms with Crippen LogP contribution in [0, 0.1) is 0 Å². The summed E-state index contributed by atoms with van der Waals surface area (Å²) in [6.45, 7) is 7.35. The molecule has 1 aromatic rings. The van der Waals surface area contributed by atoms with Crippen LogP contribution in [0.5, 0.6) is 5.75 Å². The molecular weight excluding hydrogens is 266 g/mol. The zero-order valence-electron chi connectivity index (χ0n) is 10.9. The molecule has 104 valence electrons. The monoisotopic (exact) mass is 283 g/mol. The lowest BCUT2D eigenvalue weighted by Crippen LogP contribution is -2.36. The average Bonchev–Trinajstić information content (AvgIpc) is 2.79. The molecule has 0 aliphatic rings. The third-order valence-corrected chi connectivity index (χ3v) is 3.63. The predicted octanol–water partition coefficient (Wildman–Crippen LogP) is 2.08. The van der Waals surface area contributed by atoms with Crippen LogP contribution in [0.4, 0.5) is 0 Å². The van der Waals surface area contributed by atoms with E-state index in [0.29, 0.717) is 6.54 Å². The third-order valence-electron chi connectivity index (χ3n) is 2.39. The summed E-state index contributed by atoms with van der Waals surface area (Å²) in [6, 6.07) is 1.67. The molecule has 1 heterocycles. The number of carboxylic acids is 1. The van der Waals surface area contributed by atoms with Gasteiger partial charge in [-0.15, -0.1) is 17.9 Å². The average molecular weight is 283 g/mol. The van der Waals surface area contributed by atoms with Crippen LogP contribution >= 0.6 is 11.3 Å². The molecule has 0 aliphatic heterocycles. The molecule has 0 fully saturated rings. The molecule has 0 spiro atoms. The fourth-order valence-corrected chi connectivity index (χ4v) is 2.26. The SMILES string of the molecule is C=CCNC(=O)C(C)Oc1cc(CC)sc1C(=O)O. The minimum absolute atomic E-state index is 0.125. The molecule has 0 bridgehead atoms. The highest BCUT2D eigenvalue weighted by atomic mass is 32.1. The Balaban J connectivity index is 2.80. The first-order valence-electron chi connectivity index (χ1n) is 5.90. The van der Waals surface area contributed by atoms with Crippen LogP contribution in [-0.2, 0) is 11.2 Å². The maximum atomic E-state index is 11.6. The lowest BCUT2D eigenvalue weighted by Gasteiger charge is -2.13. The number of hydrogen-bond donors (Lipinski definition) is 2. The summed E-state index contributed by atoms with van der Waals surface area (Å²) in [5, 5.41) is 11.7. The summed E-state index contributed by atoms with van der Waals surface area (Å²) < 4.78 is 5.43. The van der Waals surface area contributed by atoms with Gasteiger partial charge in [-0.1, -0.05) is 13.0 Å². The minimum Gasteiger partial charge on any atom is -0.479 e. The minimum atomic E-state index is -1.04. The largest absolute Gasteiger partial charge is 0.479 e. The van der Waals surface area contributed by atoms with Gasteiger partial charge in [0.2, 0.25) is 0 Å². The lowest BCUT2D eigenvalue weighted by molar-refractivity contribution is -0.127. The molecule has 0 saturated heterocycles. The Labute approximate surface area is 115 Å². The van der Waals surface area contributed by atoms with Crippen LogP contribution in [0.25, 0.3) is 0 Å². The fourth-order valence-electron chi connectivity index (χ4n) is 1.39. The Morgan fingerprint density at radius 1 is 1.63 bits per heavy atom. The number of amides is 1. The first-order chi connectivity index (χ1) is 8.99. The Morgan fingerprint density at radius 3 is 2.84 bits per heavy atom. The van der Waals surface area contributed by atoms with Crippen molar-refractivity contribution in [3.05, 3.63) is 28.5 Å². The van der Waals surface area contributed by atoms with Gasteiger partial charge in [-0.2, -0.15) is 0 Å². The zero-order valence-corrected chi connectivity index (χ0v) is 11.8. The van der Waals surface area contributed by atoms with Crippen LogP contribution in [-0.4, -0.2) is 29.6 Å². The van der Waals surface area contributed by atoms with E-state index >= 15 is 0 Å². The quantitative estimate of drug-likeness (QED) is 0.751. The van der Waals surface area contributed by atoms with Gasteiger partial charge in [0, 0.05) is 11.4 Å². The van der Waals surface area contributed by atoms with Gasteiger partial charge in [0.1, 0.15) is 5.75 Å². The summed E-state index contributed by atoms with van der Waals surface area (Å²) >= 11 is 1.17. The Hall–Kier alpha value is -1.82. The number of carbonyl (C=O) groups is 2. The van der Waals surface area contributed by atoms with Crippen LogP contribution in [0.15, 0.2) is 18.7 Å². The number of nitrogens with one attached hydrogen (secondary N) is 1. The number of aromatic carboxylic acids is 1. The van der Waals surface area contributed by atoms with E-state index < -0.39 is 12.1 Å². The van der Waals surface area contributed by atoms with Gasteiger partial charge in [-0.25, -0.2) is 4.79 Å². The number of thiophene rings is 1. The topological polar surface area (TPSA) is 75.6 Å². The standard InChI is InChI=1S/C13H17NO4S/c1-4-6-14-12(15)8(3)18-10-7-9(5-2)19-11(10)13(16)17/h4,7-8H,1,5-6H2,2-3H3,(H,14,15)(H,16,17). The second-order valence-corrected chi connectivity index (χ2v) is 5.00. The number of rotatable bonds is 7. The van der Waals surface area contributed by atoms with E-state index in [4.69, 9.17) is 9.84 Å². The first kappa shape index (κ1) is 15.2. The smallest absolute Gasteiger partial charge is 0.349 e. The van der Waals surface area contributed by atoms with Gasteiger partial charge in [-0.05, 0) is 19.4 Å². The van der Waals surface area contributed by atoms with Crippen molar-refractivity contribution in [3.63, 3.8) is 0 Å². The Morgan fingerprint density at radius 2 is 2.32 bits per heavy atom. The zero-order chi connectivity index (χ0) is 14.4. The van der Waals surface area contributed by atoms with Gasteiger partial charge in [-0.3, -0.25) is 4.79 Å². The van der Waals surface area contributed by atoms with Crippen molar-refractivity contribution in [2.75, 3.05) is 6.54 Å². The number of hydrogen-bond acceptors (Lipinski definition) is 4. The Bertz CT molecular complexity index is 481. The van der Waals surface area contributed by atoms with Crippen molar-refractivity contribution < 1.29 is 19.4 Å².